The molecule has 0 N–H and O–H groups in total. The second-order valence-corrected chi connectivity index (χ2v) is 6.54. The Kier molecular flexibility index (Phi) is 5.73. The van der Waals surface area contributed by atoms with Crippen LogP contribution in [0, 0.1) is 0 Å². The first-order chi connectivity index (χ1) is 10.0. The van der Waals surface area contributed by atoms with E-state index in [0.29, 0.717) is 27.1 Å². The maximum atomic E-state index is 12.2. The summed E-state index contributed by atoms with van der Waals surface area (Å²) < 4.78 is 0. The molecule has 0 radical (unpaired) electrons. The van der Waals surface area contributed by atoms with Crippen molar-refractivity contribution in [1.29, 1.82) is 0 Å². The fourth-order valence-corrected chi connectivity index (χ4v) is 3.29. The molecule has 112 valence electrons. The van der Waals surface area contributed by atoms with Crippen LogP contribution >= 0.6 is 35.0 Å². The van der Waals surface area contributed by atoms with E-state index in [9.17, 15) is 9.59 Å². The molecule has 1 heterocycles. The van der Waals surface area contributed by atoms with Crippen molar-refractivity contribution in [1.82, 2.24) is 4.90 Å². The molecule has 3 nitrogen and oxygen atoms in total. The van der Waals surface area contributed by atoms with Crippen LogP contribution in [-0.4, -0.2) is 22.6 Å². The predicted molar refractivity (Wildman–Crippen MR) is 88.7 cm³/mol. The molecule has 0 aliphatic carbocycles. The SMILES string of the molecule is CCCCCN1C(=O)S/C(=C\c2ccc(Cl)cc2Cl)C1=O. The number of unbranched alkanes of at least 4 members (excludes halogenated alkanes) is 2. The van der Waals surface area contributed by atoms with Crippen LogP contribution in [0.3, 0.4) is 0 Å². The van der Waals surface area contributed by atoms with Gasteiger partial charge in [-0.05, 0) is 42.0 Å². The van der Waals surface area contributed by atoms with Gasteiger partial charge in [0.15, 0.2) is 0 Å². The Labute approximate surface area is 138 Å². The normalized spacial score (nSPS) is 17.1. The highest BCUT2D eigenvalue weighted by molar-refractivity contribution is 8.18. The molecular formula is C15H15Cl2NO2S. The van der Waals surface area contributed by atoms with Crippen LogP contribution < -0.4 is 0 Å². The van der Waals surface area contributed by atoms with Gasteiger partial charge >= 0.3 is 0 Å². The zero-order valence-electron chi connectivity index (χ0n) is 11.6. The predicted octanol–water partition coefficient (Wildman–Crippen LogP) is 5.22. The number of halogens is 2. The number of carbonyl (C=O) groups excluding carboxylic acids is 2. The summed E-state index contributed by atoms with van der Waals surface area (Å²) in [5.41, 5.74) is 0.681. The molecule has 1 aromatic carbocycles. The van der Waals surface area contributed by atoms with Gasteiger partial charge in [-0.3, -0.25) is 14.5 Å². The molecule has 1 saturated heterocycles. The number of imide groups is 1. The van der Waals surface area contributed by atoms with Gasteiger partial charge in [-0.1, -0.05) is 49.0 Å². The first-order valence-corrected chi connectivity index (χ1v) is 8.30. The van der Waals surface area contributed by atoms with Crippen LogP contribution in [-0.2, 0) is 4.79 Å². The number of hydrogen-bond acceptors (Lipinski definition) is 3. The van der Waals surface area contributed by atoms with Crippen molar-refractivity contribution < 1.29 is 9.59 Å². The van der Waals surface area contributed by atoms with E-state index in [0.717, 1.165) is 31.0 Å². The van der Waals surface area contributed by atoms with E-state index >= 15 is 0 Å². The number of amides is 2. The molecule has 0 bridgehead atoms. The smallest absolute Gasteiger partial charge is 0.268 e. The molecule has 1 aliphatic heterocycles. The highest BCUT2D eigenvalue weighted by Gasteiger charge is 2.34. The molecule has 0 atom stereocenters. The van der Waals surface area contributed by atoms with E-state index < -0.39 is 0 Å². The third kappa shape index (κ3) is 4.02. The van der Waals surface area contributed by atoms with Gasteiger partial charge in [0.2, 0.25) is 0 Å². The molecule has 0 spiro atoms. The number of thioether (sulfide) groups is 1. The molecule has 6 heteroatoms. The molecule has 0 saturated carbocycles. The van der Waals surface area contributed by atoms with Crippen molar-refractivity contribution in [3.8, 4) is 0 Å². The largest absolute Gasteiger partial charge is 0.293 e. The van der Waals surface area contributed by atoms with E-state index in [1.54, 1.807) is 24.3 Å². The molecule has 2 amide bonds. The Morgan fingerprint density at radius 1 is 1.24 bits per heavy atom. The highest BCUT2D eigenvalue weighted by Crippen LogP contribution is 2.34. The van der Waals surface area contributed by atoms with E-state index in [-0.39, 0.29) is 11.1 Å². The zero-order valence-corrected chi connectivity index (χ0v) is 13.9. The summed E-state index contributed by atoms with van der Waals surface area (Å²) in [6.45, 7) is 2.56. The van der Waals surface area contributed by atoms with Crippen LogP contribution in [0.2, 0.25) is 10.0 Å². The summed E-state index contributed by atoms with van der Waals surface area (Å²) in [5.74, 6) is -0.243. The van der Waals surface area contributed by atoms with E-state index in [1.165, 1.54) is 4.90 Å². The van der Waals surface area contributed by atoms with Crippen LogP contribution in [0.5, 0.6) is 0 Å². The average molecular weight is 344 g/mol. The van der Waals surface area contributed by atoms with Crippen molar-refractivity contribution in [3.63, 3.8) is 0 Å². The number of nitrogens with zero attached hydrogens (tertiary/aromatic N) is 1. The molecular weight excluding hydrogens is 329 g/mol. The number of carbonyl (C=O) groups is 2. The zero-order chi connectivity index (χ0) is 15.4. The third-order valence-corrected chi connectivity index (χ3v) is 4.58. The van der Waals surface area contributed by atoms with E-state index in [1.807, 2.05) is 0 Å². The first-order valence-electron chi connectivity index (χ1n) is 6.73. The monoisotopic (exact) mass is 343 g/mol. The van der Waals surface area contributed by atoms with Crippen LogP contribution in [0.15, 0.2) is 23.1 Å². The maximum absolute atomic E-state index is 12.2. The van der Waals surface area contributed by atoms with Crippen molar-refractivity contribution in [2.24, 2.45) is 0 Å². The minimum Gasteiger partial charge on any atom is -0.268 e. The second kappa shape index (κ2) is 7.34. The van der Waals surface area contributed by atoms with Gasteiger partial charge in [0.05, 0.1) is 4.91 Å². The van der Waals surface area contributed by atoms with Crippen molar-refractivity contribution in [2.45, 2.75) is 26.2 Å². The fraction of sp³-hybridized carbons (Fsp3) is 0.333. The minimum absolute atomic E-state index is 0.215. The van der Waals surface area contributed by atoms with Crippen molar-refractivity contribution in [3.05, 3.63) is 38.7 Å². The molecule has 1 aromatic rings. The highest BCUT2D eigenvalue weighted by atomic mass is 35.5. The lowest BCUT2D eigenvalue weighted by Crippen LogP contribution is -2.29. The Hall–Kier alpha value is -0.970. The summed E-state index contributed by atoms with van der Waals surface area (Å²) in [6, 6.07) is 5.04. The number of hydrogen-bond donors (Lipinski definition) is 0. The lowest BCUT2D eigenvalue weighted by molar-refractivity contribution is -0.122. The third-order valence-electron chi connectivity index (χ3n) is 3.11. The standard InChI is InChI=1S/C15H15Cl2NO2S/c1-2-3-4-7-18-14(19)13(21-15(18)20)8-10-5-6-11(16)9-12(10)17/h5-6,8-9H,2-4,7H2,1H3/b13-8-. The number of rotatable bonds is 5. The molecule has 0 aromatic heterocycles. The summed E-state index contributed by atoms with van der Waals surface area (Å²) >= 11 is 12.9. The lowest BCUT2D eigenvalue weighted by atomic mass is 10.2. The summed E-state index contributed by atoms with van der Waals surface area (Å²) in [5, 5.41) is 0.776. The Morgan fingerprint density at radius 2 is 2.00 bits per heavy atom. The molecule has 0 unspecified atom stereocenters. The average Bonchev–Trinajstić information content (AvgIpc) is 2.69. The summed E-state index contributed by atoms with van der Waals surface area (Å²) in [4.78, 5) is 25.8. The molecule has 1 fully saturated rings. The second-order valence-electron chi connectivity index (χ2n) is 4.71. The van der Waals surface area contributed by atoms with Gasteiger partial charge in [0, 0.05) is 16.6 Å². The molecule has 1 aliphatic rings. The van der Waals surface area contributed by atoms with Crippen LogP contribution in [0.1, 0.15) is 31.7 Å². The first kappa shape index (κ1) is 16.4. The van der Waals surface area contributed by atoms with Gasteiger partial charge in [-0.2, -0.15) is 0 Å². The Morgan fingerprint density at radius 3 is 2.67 bits per heavy atom. The maximum Gasteiger partial charge on any atom is 0.293 e. The van der Waals surface area contributed by atoms with E-state index in [4.69, 9.17) is 23.2 Å². The summed E-state index contributed by atoms with van der Waals surface area (Å²) in [7, 11) is 0. The Bertz CT molecular complexity index is 601. The van der Waals surface area contributed by atoms with Gasteiger partial charge in [0.1, 0.15) is 0 Å². The quantitative estimate of drug-likeness (QED) is 0.543. The van der Waals surface area contributed by atoms with Gasteiger partial charge < -0.3 is 0 Å². The van der Waals surface area contributed by atoms with Crippen LogP contribution in [0.25, 0.3) is 6.08 Å². The minimum atomic E-state index is -0.243. The fourth-order valence-electron chi connectivity index (χ4n) is 1.97. The van der Waals surface area contributed by atoms with Gasteiger partial charge in [-0.15, -0.1) is 0 Å². The van der Waals surface area contributed by atoms with Crippen LogP contribution in [0.4, 0.5) is 4.79 Å². The molecule has 21 heavy (non-hydrogen) atoms. The lowest BCUT2D eigenvalue weighted by Gasteiger charge is -2.11. The number of benzene rings is 1. The van der Waals surface area contributed by atoms with Crippen molar-refractivity contribution in [2.75, 3.05) is 6.54 Å². The topological polar surface area (TPSA) is 37.4 Å². The van der Waals surface area contributed by atoms with Gasteiger partial charge in [-0.25, -0.2) is 0 Å². The van der Waals surface area contributed by atoms with Gasteiger partial charge in [0.25, 0.3) is 11.1 Å². The Balaban J connectivity index is 2.16. The van der Waals surface area contributed by atoms with E-state index in [2.05, 4.69) is 6.92 Å². The summed E-state index contributed by atoms with van der Waals surface area (Å²) in [6.07, 6.45) is 4.53. The molecule has 2 rings (SSSR count). The van der Waals surface area contributed by atoms with Crippen molar-refractivity contribution >= 4 is 52.2 Å².